The summed E-state index contributed by atoms with van der Waals surface area (Å²) in [7, 11) is 0. The number of hydrazine groups is 1. The van der Waals surface area contributed by atoms with Gasteiger partial charge in [0.05, 0.1) is 17.5 Å². The van der Waals surface area contributed by atoms with Crippen LogP contribution >= 0.6 is 11.3 Å². The lowest BCUT2D eigenvalue weighted by Gasteiger charge is -2.17. The third-order valence-corrected chi connectivity index (χ3v) is 6.33. The number of benzene rings is 1. The van der Waals surface area contributed by atoms with E-state index in [2.05, 4.69) is 25.9 Å². The number of pyridine rings is 1. The number of fused-ring (bicyclic) bond motifs is 1. The standard InChI is InChI=1S/C22H18N6O3S/c29-18(24-22-26-25-19(32-22)13-8-10-23-11-9-13)14-4-3-5-15(12-14)27-28-20(30)16-6-1-2-7-17(16)21(28)31/h1-5,8-12,16-17,27H,6-7H2,(H,24,26,29). The lowest BCUT2D eigenvalue weighted by molar-refractivity contribution is -0.138. The van der Waals surface area contributed by atoms with Gasteiger partial charge in [-0.25, -0.2) is 0 Å². The molecular formula is C22H18N6O3S. The highest BCUT2D eigenvalue weighted by molar-refractivity contribution is 7.18. The van der Waals surface area contributed by atoms with Crippen LogP contribution in [0.25, 0.3) is 10.6 Å². The Hall–Kier alpha value is -3.92. The minimum atomic E-state index is -0.372. The second kappa shape index (κ2) is 8.31. The van der Waals surface area contributed by atoms with Crippen molar-refractivity contribution in [1.29, 1.82) is 0 Å². The van der Waals surface area contributed by atoms with E-state index in [-0.39, 0.29) is 29.6 Å². The van der Waals surface area contributed by atoms with Gasteiger partial charge in [0.15, 0.2) is 0 Å². The number of amides is 3. The third-order valence-electron chi connectivity index (χ3n) is 5.45. The van der Waals surface area contributed by atoms with E-state index in [4.69, 9.17) is 0 Å². The number of allylic oxidation sites excluding steroid dienone is 2. The molecule has 0 saturated carbocycles. The van der Waals surface area contributed by atoms with E-state index in [0.29, 0.717) is 34.2 Å². The number of aromatic nitrogens is 3. The number of hydrogen-bond acceptors (Lipinski definition) is 8. The van der Waals surface area contributed by atoms with E-state index < -0.39 is 0 Å². The highest BCUT2D eigenvalue weighted by Crippen LogP contribution is 2.35. The molecule has 5 rings (SSSR count). The van der Waals surface area contributed by atoms with Crippen molar-refractivity contribution in [1.82, 2.24) is 20.2 Å². The monoisotopic (exact) mass is 446 g/mol. The fourth-order valence-corrected chi connectivity index (χ4v) is 4.57. The van der Waals surface area contributed by atoms with Crippen LogP contribution in [-0.2, 0) is 9.59 Å². The first-order valence-electron chi connectivity index (χ1n) is 10.0. The summed E-state index contributed by atoms with van der Waals surface area (Å²) in [6.07, 6.45) is 8.34. The Morgan fingerprint density at radius 1 is 1.00 bits per heavy atom. The molecule has 2 N–H and O–H groups in total. The molecule has 32 heavy (non-hydrogen) atoms. The first kappa shape index (κ1) is 20.0. The zero-order valence-corrected chi connectivity index (χ0v) is 17.6. The maximum absolute atomic E-state index is 12.7. The molecule has 2 unspecified atom stereocenters. The van der Waals surface area contributed by atoms with Gasteiger partial charge < -0.3 is 0 Å². The summed E-state index contributed by atoms with van der Waals surface area (Å²) in [5.74, 6) is -1.49. The van der Waals surface area contributed by atoms with Crippen LogP contribution in [0.1, 0.15) is 23.2 Å². The number of nitrogens with zero attached hydrogens (tertiary/aromatic N) is 4. The zero-order chi connectivity index (χ0) is 22.1. The van der Waals surface area contributed by atoms with E-state index in [1.165, 1.54) is 11.3 Å². The van der Waals surface area contributed by atoms with Crippen molar-refractivity contribution in [2.45, 2.75) is 12.8 Å². The van der Waals surface area contributed by atoms with Crippen molar-refractivity contribution in [3.05, 3.63) is 66.5 Å². The number of anilines is 2. The summed E-state index contributed by atoms with van der Waals surface area (Å²) in [6, 6.07) is 10.2. The van der Waals surface area contributed by atoms with E-state index in [1.54, 1.807) is 36.7 Å². The van der Waals surface area contributed by atoms with Crippen LogP contribution in [0.5, 0.6) is 0 Å². The predicted octanol–water partition coefficient (Wildman–Crippen LogP) is 3.13. The second-order valence-electron chi connectivity index (χ2n) is 7.46. The predicted molar refractivity (Wildman–Crippen MR) is 118 cm³/mol. The normalized spacial score (nSPS) is 19.7. The van der Waals surface area contributed by atoms with Gasteiger partial charge in [-0.3, -0.25) is 30.1 Å². The molecule has 1 aliphatic carbocycles. The molecule has 1 fully saturated rings. The Morgan fingerprint density at radius 3 is 2.44 bits per heavy atom. The van der Waals surface area contributed by atoms with Crippen LogP contribution < -0.4 is 10.7 Å². The van der Waals surface area contributed by atoms with Crippen molar-refractivity contribution in [2.24, 2.45) is 11.8 Å². The Bertz CT molecular complexity index is 1200. The number of hydrogen-bond donors (Lipinski definition) is 2. The molecule has 160 valence electrons. The molecule has 3 heterocycles. The van der Waals surface area contributed by atoms with Gasteiger partial charge in [0.2, 0.25) is 5.13 Å². The van der Waals surface area contributed by atoms with Crippen molar-refractivity contribution in [3.8, 4) is 10.6 Å². The Labute approximate surface area is 187 Å². The first-order valence-corrected chi connectivity index (χ1v) is 10.9. The molecule has 0 radical (unpaired) electrons. The van der Waals surface area contributed by atoms with Crippen LogP contribution in [0.15, 0.2) is 60.9 Å². The molecule has 1 aromatic carbocycles. The van der Waals surface area contributed by atoms with Crippen LogP contribution in [-0.4, -0.2) is 37.9 Å². The summed E-state index contributed by atoms with van der Waals surface area (Å²) in [4.78, 5) is 42.0. The van der Waals surface area contributed by atoms with Gasteiger partial charge in [-0.2, -0.15) is 5.01 Å². The summed E-state index contributed by atoms with van der Waals surface area (Å²) < 4.78 is 0. The van der Waals surface area contributed by atoms with Gasteiger partial charge >= 0.3 is 0 Å². The lowest BCUT2D eigenvalue weighted by Crippen LogP contribution is -2.36. The molecule has 2 atom stereocenters. The fraction of sp³-hybridized carbons (Fsp3) is 0.182. The highest BCUT2D eigenvalue weighted by atomic mass is 32.1. The fourth-order valence-electron chi connectivity index (χ4n) is 3.82. The smallest absolute Gasteiger partial charge is 0.257 e. The minimum absolute atomic E-state index is 0.239. The molecule has 2 aromatic heterocycles. The van der Waals surface area contributed by atoms with Crippen LogP contribution in [0.3, 0.4) is 0 Å². The van der Waals surface area contributed by atoms with Gasteiger partial charge in [-0.15, -0.1) is 10.2 Å². The minimum Gasteiger partial charge on any atom is -0.296 e. The van der Waals surface area contributed by atoms with E-state index in [1.807, 2.05) is 24.3 Å². The number of nitrogens with one attached hydrogen (secondary N) is 2. The number of carbonyl (C=O) groups excluding carboxylic acids is 3. The maximum atomic E-state index is 12.7. The lowest BCUT2D eigenvalue weighted by atomic mass is 9.85. The largest absolute Gasteiger partial charge is 0.296 e. The highest BCUT2D eigenvalue weighted by Gasteiger charge is 2.47. The summed E-state index contributed by atoms with van der Waals surface area (Å²) in [6.45, 7) is 0. The Morgan fingerprint density at radius 2 is 1.72 bits per heavy atom. The van der Waals surface area contributed by atoms with Crippen molar-refractivity contribution in [3.63, 3.8) is 0 Å². The van der Waals surface area contributed by atoms with Crippen molar-refractivity contribution in [2.75, 3.05) is 10.7 Å². The molecule has 0 spiro atoms. The molecule has 1 aliphatic heterocycles. The maximum Gasteiger partial charge on any atom is 0.257 e. The molecule has 3 aromatic rings. The Kier molecular flexibility index (Phi) is 5.20. The summed E-state index contributed by atoms with van der Waals surface area (Å²) in [5.41, 5.74) is 4.57. The second-order valence-corrected chi connectivity index (χ2v) is 8.44. The van der Waals surface area contributed by atoms with E-state index in [9.17, 15) is 14.4 Å². The van der Waals surface area contributed by atoms with Gasteiger partial charge in [0.25, 0.3) is 17.7 Å². The van der Waals surface area contributed by atoms with Crippen LogP contribution in [0, 0.1) is 11.8 Å². The van der Waals surface area contributed by atoms with Crippen LogP contribution in [0.2, 0.25) is 0 Å². The molecular weight excluding hydrogens is 428 g/mol. The quantitative estimate of drug-likeness (QED) is 0.457. The molecule has 3 amide bonds. The van der Waals surface area contributed by atoms with Gasteiger partial charge in [0, 0.05) is 23.5 Å². The average Bonchev–Trinajstić information content (AvgIpc) is 3.39. The van der Waals surface area contributed by atoms with Gasteiger partial charge in [-0.05, 0) is 43.2 Å². The topological polar surface area (TPSA) is 117 Å². The number of rotatable bonds is 5. The first-order chi connectivity index (χ1) is 15.6. The van der Waals surface area contributed by atoms with Crippen molar-refractivity contribution < 1.29 is 14.4 Å². The Balaban J connectivity index is 1.28. The number of imide groups is 1. The van der Waals surface area contributed by atoms with Crippen LogP contribution in [0.4, 0.5) is 10.8 Å². The summed E-state index contributed by atoms with van der Waals surface area (Å²) >= 11 is 1.25. The summed E-state index contributed by atoms with van der Waals surface area (Å²) in [5, 5.41) is 13.0. The molecule has 10 heteroatoms. The average molecular weight is 446 g/mol. The van der Waals surface area contributed by atoms with Gasteiger partial charge in [-0.1, -0.05) is 29.6 Å². The van der Waals surface area contributed by atoms with Gasteiger partial charge in [0.1, 0.15) is 5.01 Å². The van der Waals surface area contributed by atoms with E-state index in [0.717, 1.165) is 10.6 Å². The number of carbonyl (C=O) groups is 3. The van der Waals surface area contributed by atoms with Crippen molar-refractivity contribution >= 4 is 39.9 Å². The molecule has 2 aliphatic rings. The SMILES string of the molecule is O=C(Nc1nnc(-c2ccncc2)s1)c1cccc(NN2C(=O)C3CC=CCC3C2=O)c1. The molecule has 1 saturated heterocycles. The van der Waals surface area contributed by atoms with E-state index >= 15 is 0 Å². The molecule has 9 nitrogen and oxygen atoms in total. The third kappa shape index (κ3) is 3.76. The zero-order valence-electron chi connectivity index (χ0n) is 16.8. The molecule has 0 bridgehead atoms.